The molecule has 2 fully saturated rings. The molecule has 0 aromatic heterocycles. The maximum atomic E-state index is 12.5. The van der Waals surface area contributed by atoms with Gasteiger partial charge in [-0.15, -0.1) is 0 Å². The van der Waals surface area contributed by atoms with Crippen molar-refractivity contribution in [1.82, 2.24) is 19.6 Å². The minimum atomic E-state index is -0.390. The van der Waals surface area contributed by atoms with Gasteiger partial charge >= 0.3 is 11.9 Å². The largest absolute Gasteiger partial charge is 0.461 e. The minimum absolute atomic E-state index is 0.0510. The van der Waals surface area contributed by atoms with Gasteiger partial charge in [-0.1, -0.05) is 97.1 Å². The van der Waals surface area contributed by atoms with Crippen molar-refractivity contribution < 1.29 is 38.2 Å². The fourth-order valence-corrected chi connectivity index (χ4v) is 7.17. The molecule has 0 spiro atoms. The lowest BCUT2D eigenvalue weighted by Gasteiger charge is -2.35. The third-order valence-corrected chi connectivity index (χ3v) is 11.1. The van der Waals surface area contributed by atoms with E-state index >= 15 is 0 Å². The summed E-state index contributed by atoms with van der Waals surface area (Å²) in [6, 6.07) is 36.2. The third-order valence-electron chi connectivity index (χ3n) is 11.1. The van der Waals surface area contributed by atoms with Crippen molar-refractivity contribution in [2.24, 2.45) is 5.73 Å². The first-order chi connectivity index (χ1) is 31.1. The number of nitrogens with two attached hydrogens (primary N) is 1. The van der Waals surface area contributed by atoms with Gasteiger partial charge in [0.15, 0.2) is 0 Å². The minimum Gasteiger partial charge on any atom is -0.461 e. The number of rotatable bonds is 17. The summed E-state index contributed by atoms with van der Waals surface area (Å²) in [5.74, 6) is -0.773. The van der Waals surface area contributed by atoms with Gasteiger partial charge in [0.1, 0.15) is 13.2 Å². The van der Waals surface area contributed by atoms with Crippen LogP contribution in [0.15, 0.2) is 109 Å². The molecule has 4 aromatic carbocycles. The number of carbonyl (C=O) groups excluding carboxylic acids is 6. The number of carbonyl (C=O) groups is 6. The van der Waals surface area contributed by atoms with Gasteiger partial charge in [-0.3, -0.25) is 28.8 Å². The molecule has 4 aromatic rings. The molecule has 0 bridgehead atoms. The highest BCUT2D eigenvalue weighted by Gasteiger charge is 2.26. The van der Waals surface area contributed by atoms with Crippen molar-refractivity contribution >= 4 is 35.6 Å². The first kappa shape index (κ1) is 48.2. The molecular formula is C50H58N6O8. The van der Waals surface area contributed by atoms with E-state index in [1.54, 1.807) is 26.8 Å². The molecule has 2 saturated heterocycles. The summed E-state index contributed by atoms with van der Waals surface area (Å²) in [6.07, 6.45) is 2.50. The first-order valence-corrected chi connectivity index (χ1v) is 21.9. The van der Waals surface area contributed by atoms with E-state index in [4.69, 9.17) is 20.5 Å². The van der Waals surface area contributed by atoms with Crippen LogP contribution in [-0.2, 0) is 70.8 Å². The molecule has 0 atom stereocenters. The van der Waals surface area contributed by atoms with E-state index in [9.17, 15) is 28.8 Å². The Morgan fingerprint density at radius 2 is 0.766 bits per heavy atom. The number of ether oxygens (including phenoxy) is 2. The predicted molar refractivity (Wildman–Crippen MR) is 239 cm³/mol. The second-order valence-corrected chi connectivity index (χ2v) is 15.6. The fourth-order valence-electron chi connectivity index (χ4n) is 7.17. The van der Waals surface area contributed by atoms with Gasteiger partial charge in [0.05, 0.1) is 24.5 Å². The molecule has 2 aliphatic heterocycles. The Morgan fingerprint density at radius 1 is 0.438 bits per heavy atom. The summed E-state index contributed by atoms with van der Waals surface area (Å²) in [5.41, 5.74) is 11.2. The number of amides is 4. The Hall–Kier alpha value is -6.85. The van der Waals surface area contributed by atoms with Gasteiger partial charge in [0.25, 0.3) is 0 Å². The van der Waals surface area contributed by atoms with E-state index in [0.717, 1.165) is 27.8 Å². The number of nitrogens with zero attached hydrogens (tertiary/aromatic N) is 5. The topological polar surface area (TPSA) is 184 Å². The standard InChI is InChI=1S/C25H31N3O4.C25H27N3O4/c2*26-18-21-8-6-20(7-9-21)10-11-23(29)27-14-16-28(17-15-27)24(30)12-13-25(31)32-19-22-4-2-1-3-5-22/h1-9H,10-19,26H2;1-9H,10-17,19H2. The van der Waals surface area contributed by atoms with Crippen LogP contribution in [0, 0.1) is 11.3 Å². The third kappa shape index (κ3) is 16.4. The monoisotopic (exact) mass is 870 g/mol. The number of hydrogen-bond acceptors (Lipinski definition) is 10. The Balaban J connectivity index is 0.000000241. The summed E-state index contributed by atoms with van der Waals surface area (Å²) < 4.78 is 10.4. The van der Waals surface area contributed by atoms with Crippen LogP contribution in [0.1, 0.15) is 71.9 Å². The number of piperazine rings is 2. The van der Waals surface area contributed by atoms with E-state index in [1.165, 1.54) is 0 Å². The highest BCUT2D eigenvalue weighted by Crippen LogP contribution is 2.14. The Labute approximate surface area is 375 Å². The second-order valence-electron chi connectivity index (χ2n) is 15.6. The van der Waals surface area contributed by atoms with Crippen LogP contribution in [0.4, 0.5) is 0 Å². The molecule has 2 N–H and O–H groups in total. The van der Waals surface area contributed by atoms with Crippen molar-refractivity contribution in [3.63, 3.8) is 0 Å². The molecule has 0 radical (unpaired) electrons. The summed E-state index contributed by atoms with van der Waals surface area (Å²) in [5, 5.41) is 8.84. The molecule has 0 saturated carbocycles. The van der Waals surface area contributed by atoms with Crippen LogP contribution in [-0.4, -0.2) is 108 Å². The molecule has 0 aliphatic carbocycles. The molecule has 2 aliphatic rings. The molecule has 14 heteroatoms. The van der Waals surface area contributed by atoms with Crippen molar-refractivity contribution in [3.05, 3.63) is 143 Å². The summed E-state index contributed by atoms with van der Waals surface area (Å²) in [4.78, 5) is 80.7. The normalized spacial score (nSPS) is 13.5. The zero-order chi connectivity index (χ0) is 45.5. The lowest BCUT2D eigenvalue weighted by atomic mass is 10.1. The average molecular weight is 871 g/mol. The van der Waals surface area contributed by atoms with E-state index in [1.807, 2.05) is 102 Å². The lowest BCUT2D eigenvalue weighted by Crippen LogP contribution is -2.50. The molecule has 6 rings (SSSR count). The maximum absolute atomic E-state index is 12.5. The Kier molecular flexibility index (Phi) is 19.5. The summed E-state index contributed by atoms with van der Waals surface area (Å²) in [7, 11) is 0. The average Bonchev–Trinajstić information content (AvgIpc) is 3.35. The van der Waals surface area contributed by atoms with Crippen molar-refractivity contribution in [2.75, 3.05) is 52.4 Å². The molecule has 4 amide bonds. The van der Waals surface area contributed by atoms with Gasteiger partial charge in [0.2, 0.25) is 23.6 Å². The summed E-state index contributed by atoms with van der Waals surface area (Å²) >= 11 is 0. The Morgan fingerprint density at radius 3 is 1.11 bits per heavy atom. The molecule has 64 heavy (non-hydrogen) atoms. The van der Waals surface area contributed by atoms with Gasteiger partial charge in [-0.05, 0) is 52.8 Å². The van der Waals surface area contributed by atoms with Gasteiger partial charge in [-0.2, -0.15) is 5.26 Å². The molecule has 0 unspecified atom stereocenters. The van der Waals surface area contributed by atoms with E-state index < -0.39 is 0 Å². The van der Waals surface area contributed by atoms with Gasteiger partial charge in [-0.25, -0.2) is 0 Å². The lowest BCUT2D eigenvalue weighted by molar-refractivity contribution is -0.148. The number of hydrogen-bond donors (Lipinski definition) is 1. The quantitative estimate of drug-likeness (QED) is 0.142. The fraction of sp³-hybridized carbons (Fsp3) is 0.380. The van der Waals surface area contributed by atoms with E-state index in [2.05, 4.69) is 6.07 Å². The number of nitriles is 1. The molecular weight excluding hydrogens is 813 g/mol. The smallest absolute Gasteiger partial charge is 0.306 e. The predicted octanol–water partition coefficient (Wildman–Crippen LogP) is 4.96. The van der Waals surface area contributed by atoms with Gasteiger partial charge in [0, 0.05) is 84.6 Å². The van der Waals surface area contributed by atoms with Crippen molar-refractivity contribution in [3.8, 4) is 6.07 Å². The SMILES string of the molecule is N#Cc1ccc(CCC(=O)N2CCN(C(=O)CCC(=O)OCc3ccccc3)CC2)cc1.NCc1ccc(CCC(=O)N2CCN(C(=O)CCC(=O)OCc3ccccc3)CC2)cc1. The second kappa shape index (κ2) is 25.9. The number of aryl methyl sites for hydroxylation is 2. The van der Waals surface area contributed by atoms with Crippen LogP contribution in [0.3, 0.4) is 0 Å². The molecule has 336 valence electrons. The molecule has 14 nitrogen and oxygen atoms in total. The number of esters is 2. The molecule has 2 heterocycles. The van der Waals surface area contributed by atoms with Crippen LogP contribution in [0.2, 0.25) is 0 Å². The number of benzene rings is 4. The first-order valence-electron chi connectivity index (χ1n) is 21.9. The van der Waals surface area contributed by atoms with Crippen LogP contribution in [0.5, 0.6) is 0 Å². The van der Waals surface area contributed by atoms with Crippen LogP contribution < -0.4 is 5.73 Å². The summed E-state index contributed by atoms with van der Waals surface area (Å²) in [6.45, 7) is 4.90. The van der Waals surface area contributed by atoms with Crippen LogP contribution >= 0.6 is 0 Å². The van der Waals surface area contributed by atoms with Crippen LogP contribution in [0.25, 0.3) is 0 Å². The highest BCUT2D eigenvalue weighted by atomic mass is 16.5. The zero-order valence-corrected chi connectivity index (χ0v) is 36.4. The maximum Gasteiger partial charge on any atom is 0.306 e. The Bertz CT molecular complexity index is 2160. The van der Waals surface area contributed by atoms with E-state index in [0.29, 0.717) is 90.1 Å². The van der Waals surface area contributed by atoms with Crippen molar-refractivity contribution in [2.45, 2.75) is 71.1 Å². The van der Waals surface area contributed by atoms with E-state index in [-0.39, 0.29) is 74.5 Å². The highest BCUT2D eigenvalue weighted by molar-refractivity contribution is 5.83. The van der Waals surface area contributed by atoms with Gasteiger partial charge < -0.3 is 34.8 Å². The zero-order valence-electron chi connectivity index (χ0n) is 36.4. The van der Waals surface area contributed by atoms with Crippen molar-refractivity contribution in [1.29, 1.82) is 5.26 Å².